The molecular formula is C12H20N2O4. The molecular weight excluding hydrogens is 236 g/mol. The maximum absolute atomic E-state index is 5.43. The lowest BCUT2D eigenvalue weighted by Gasteiger charge is -2.18. The number of rotatable bonds is 6. The van der Waals surface area contributed by atoms with Crippen molar-refractivity contribution in [2.24, 2.45) is 0 Å². The summed E-state index contributed by atoms with van der Waals surface area (Å²) in [5.41, 5.74) is 0. The lowest BCUT2D eigenvalue weighted by molar-refractivity contribution is -0.155. The third-order valence-electron chi connectivity index (χ3n) is 2.88. The first kappa shape index (κ1) is 13.5. The standard InChI is InChI=1S/C12H20N2O4/c1-3-16-12(17-4-2)11-13-10(14-18-11)9-5-7-15-8-6-9/h9,12H,3-8H2,1-2H3. The molecule has 0 aliphatic carbocycles. The predicted octanol–water partition coefficient (Wildman–Crippen LogP) is 2.04. The molecule has 0 aromatic carbocycles. The quantitative estimate of drug-likeness (QED) is 0.725. The first-order chi connectivity index (χ1) is 8.85. The normalized spacial score (nSPS) is 17.5. The minimum atomic E-state index is -0.555. The predicted molar refractivity (Wildman–Crippen MR) is 63.1 cm³/mol. The van der Waals surface area contributed by atoms with Crippen molar-refractivity contribution in [3.8, 4) is 0 Å². The van der Waals surface area contributed by atoms with Crippen LogP contribution in [0.4, 0.5) is 0 Å². The first-order valence-corrected chi connectivity index (χ1v) is 6.49. The highest BCUT2D eigenvalue weighted by Gasteiger charge is 2.25. The number of aromatic nitrogens is 2. The molecule has 6 heteroatoms. The van der Waals surface area contributed by atoms with E-state index < -0.39 is 6.29 Å². The van der Waals surface area contributed by atoms with E-state index in [0.717, 1.165) is 31.9 Å². The van der Waals surface area contributed by atoms with Gasteiger partial charge in [0.05, 0.1) is 0 Å². The molecule has 1 saturated heterocycles. The molecule has 102 valence electrons. The largest absolute Gasteiger partial charge is 0.381 e. The highest BCUT2D eigenvalue weighted by atomic mass is 16.7. The molecule has 0 unspecified atom stereocenters. The minimum Gasteiger partial charge on any atom is -0.381 e. The molecule has 0 spiro atoms. The zero-order valence-corrected chi connectivity index (χ0v) is 10.9. The van der Waals surface area contributed by atoms with Crippen LogP contribution in [0.1, 0.15) is 50.6 Å². The van der Waals surface area contributed by atoms with Gasteiger partial charge in [-0.1, -0.05) is 5.16 Å². The summed E-state index contributed by atoms with van der Waals surface area (Å²) in [7, 11) is 0. The van der Waals surface area contributed by atoms with Crippen molar-refractivity contribution in [2.45, 2.75) is 38.9 Å². The van der Waals surface area contributed by atoms with Crippen LogP contribution in [0, 0.1) is 0 Å². The fraction of sp³-hybridized carbons (Fsp3) is 0.833. The Hall–Kier alpha value is -0.980. The van der Waals surface area contributed by atoms with Gasteiger partial charge in [0.1, 0.15) is 0 Å². The second-order valence-corrected chi connectivity index (χ2v) is 4.12. The van der Waals surface area contributed by atoms with Gasteiger partial charge in [-0.25, -0.2) is 0 Å². The van der Waals surface area contributed by atoms with Gasteiger partial charge in [0.2, 0.25) is 6.29 Å². The van der Waals surface area contributed by atoms with Crippen LogP contribution in [0.15, 0.2) is 4.52 Å². The summed E-state index contributed by atoms with van der Waals surface area (Å²) in [6.45, 7) is 6.41. The molecule has 1 aromatic heterocycles. The molecule has 0 saturated carbocycles. The molecule has 6 nitrogen and oxygen atoms in total. The van der Waals surface area contributed by atoms with Crippen molar-refractivity contribution in [1.29, 1.82) is 0 Å². The van der Waals surface area contributed by atoms with Gasteiger partial charge in [-0.3, -0.25) is 0 Å². The van der Waals surface area contributed by atoms with Gasteiger partial charge < -0.3 is 18.7 Å². The zero-order valence-electron chi connectivity index (χ0n) is 10.9. The molecule has 1 aliphatic heterocycles. The summed E-state index contributed by atoms with van der Waals surface area (Å²) >= 11 is 0. The zero-order chi connectivity index (χ0) is 12.8. The van der Waals surface area contributed by atoms with Crippen molar-refractivity contribution in [1.82, 2.24) is 10.1 Å². The monoisotopic (exact) mass is 256 g/mol. The van der Waals surface area contributed by atoms with Crippen LogP contribution in [0.3, 0.4) is 0 Å². The van der Waals surface area contributed by atoms with E-state index in [1.54, 1.807) is 0 Å². The Bertz CT molecular complexity index is 344. The van der Waals surface area contributed by atoms with Gasteiger partial charge in [0.15, 0.2) is 5.82 Å². The second-order valence-electron chi connectivity index (χ2n) is 4.12. The maximum Gasteiger partial charge on any atom is 0.283 e. The Balaban J connectivity index is 2.02. The summed E-state index contributed by atoms with van der Waals surface area (Å²) in [5.74, 6) is 1.46. The van der Waals surface area contributed by atoms with E-state index >= 15 is 0 Å². The molecule has 0 radical (unpaired) electrons. The summed E-state index contributed by atoms with van der Waals surface area (Å²) in [5, 5.41) is 4.02. The molecule has 0 N–H and O–H groups in total. The molecule has 1 aliphatic rings. The van der Waals surface area contributed by atoms with Gasteiger partial charge in [-0.15, -0.1) is 0 Å². The van der Waals surface area contributed by atoms with Crippen LogP contribution >= 0.6 is 0 Å². The molecule has 0 atom stereocenters. The van der Waals surface area contributed by atoms with Gasteiger partial charge in [-0.05, 0) is 26.7 Å². The molecule has 1 fully saturated rings. The van der Waals surface area contributed by atoms with Gasteiger partial charge in [0, 0.05) is 32.3 Å². The van der Waals surface area contributed by atoms with E-state index in [1.807, 2.05) is 13.8 Å². The third-order valence-corrected chi connectivity index (χ3v) is 2.88. The van der Waals surface area contributed by atoms with Crippen LogP contribution in [0.25, 0.3) is 0 Å². The van der Waals surface area contributed by atoms with E-state index in [9.17, 15) is 0 Å². The number of hydrogen-bond acceptors (Lipinski definition) is 6. The minimum absolute atomic E-state index is 0.320. The summed E-state index contributed by atoms with van der Waals surface area (Å²) in [6, 6.07) is 0. The number of hydrogen-bond donors (Lipinski definition) is 0. The first-order valence-electron chi connectivity index (χ1n) is 6.49. The Labute approximate surface area is 107 Å². The van der Waals surface area contributed by atoms with Crippen LogP contribution in [-0.4, -0.2) is 36.6 Å². The van der Waals surface area contributed by atoms with Crippen molar-refractivity contribution >= 4 is 0 Å². The summed E-state index contributed by atoms with van der Waals surface area (Å²) in [6.07, 6.45) is 1.32. The highest BCUT2D eigenvalue weighted by Crippen LogP contribution is 2.26. The molecule has 1 aromatic rings. The van der Waals surface area contributed by atoms with Crippen LogP contribution in [0.5, 0.6) is 0 Å². The molecule has 0 amide bonds. The fourth-order valence-corrected chi connectivity index (χ4v) is 1.96. The van der Waals surface area contributed by atoms with E-state index in [4.69, 9.17) is 18.7 Å². The van der Waals surface area contributed by atoms with Crippen molar-refractivity contribution < 1.29 is 18.7 Å². The smallest absolute Gasteiger partial charge is 0.283 e. The van der Waals surface area contributed by atoms with E-state index in [0.29, 0.717) is 25.0 Å². The third kappa shape index (κ3) is 3.28. The average Bonchev–Trinajstić information content (AvgIpc) is 2.89. The molecule has 18 heavy (non-hydrogen) atoms. The van der Waals surface area contributed by atoms with E-state index in [-0.39, 0.29) is 0 Å². The summed E-state index contributed by atoms with van der Waals surface area (Å²) < 4.78 is 21.4. The average molecular weight is 256 g/mol. The van der Waals surface area contributed by atoms with Crippen molar-refractivity contribution in [3.05, 3.63) is 11.7 Å². The van der Waals surface area contributed by atoms with Crippen LogP contribution < -0.4 is 0 Å². The Kier molecular flexibility index (Phi) is 5.10. The Morgan fingerprint density at radius 2 is 1.89 bits per heavy atom. The molecule has 2 rings (SSSR count). The number of nitrogens with zero attached hydrogens (tertiary/aromatic N) is 2. The lowest BCUT2D eigenvalue weighted by Crippen LogP contribution is -2.15. The molecule has 2 heterocycles. The van der Waals surface area contributed by atoms with Gasteiger partial charge in [0.25, 0.3) is 5.89 Å². The van der Waals surface area contributed by atoms with Crippen molar-refractivity contribution in [2.75, 3.05) is 26.4 Å². The van der Waals surface area contributed by atoms with E-state index in [2.05, 4.69) is 10.1 Å². The lowest BCUT2D eigenvalue weighted by atomic mass is 10.00. The Morgan fingerprint density at radius 1 is 1.22 bits per heavy atom. The highest BCUT2D eigenvalue weighted by molar-refractivity contribution is 4.97. The topological polar surface area (TPSA) is 66.6 Å². The van der Waals surface area contributed by atoms with Crippen molar-refractivity contribution in [3.63, 3.8) is 0 Å². The number of ether oxygens (including phenoxy) is 3. The SMILES string of the molecule is CCOC(OCC)c1nc(C2CCOCC2)no1. The molecule has 0 bridgehead atoms. The van der Waals surface area contributed by atoms with Crippen LogP contribution in [0.2, 0.25) is 0 Å². The Morgan fingerprint density at radius 3 is 2.50 bits per heavy atom. The van der Waals surface area contributed by atoms with E-state index in [1.165, 1.54) is 0 Å². The second kappa shape index (κ2) is 6.82. The summed E-state index contributed by atoms with van der Waals surface area (Å²) in [4.78, 5) is 4.39. The maximum atomic E-state index is 5.43. The van der Waals surface area contributed by atoms with Crippen LogP contribution in [-0.2, 0) is 14.2 Å². The fourth-order valence-electron chi connectivity index (χ4n) is 1.96. The van der Waals surface area contributed by atoms with Gasteiger partial charge >= 0.3 is 0 Å². The van der Waals surface area contributed by atoms with Gasteiger partial charge in [-0.2, -0.15) is 4.98 Å².